The van der Waals surface area contributed by atoms with Crippen molar-refractivity contribution in [2.45, 2.75) is 6.18 Å². The summed E-state index contributed by atoms with van der Waals surface area (Å²) in [6.07, 6.45) is -4.54. The summed E-state index contributed by atoms with van der Waals surface area (Å²) in [6, 6.07) is 3.91. The highest BCUT2D eigenvalue weighted by Gasteiger charge is 2.36. The van der Waals surface area contributed by atoms with Gasteiger partial charge in [0.05, 0.1) is 11.0 Å². The summed E-state index contributed by atoms with van der Waals surface area (Å²) in [5.74, 6) is -0.142. The highest BCUT2D eigenvalue weighted by atomic mass is 127. The predicted octanol–water partition coefficient (Wildman–Crippen LogP) is 2.96. The van der Waals surface area contributed by atoms with Gasteiger partial charge in [-0.3, -0.25) is 0 Å². The average molecular weight is 340 g/mol. The van der Waals surface area contributed by atoms with Crippen molar-refractivity contribution in [1.29, 1.82) is 0 Å². The van der Waals surface area contributed by atoms with E-state index < -0.39 is 11.9 Å². The Hall–Kier alpha value is -1.12. The van der Waals surface area contributed by atoms with Crippen molar-refractivity contribution in [3.63, 3.8) is 0 Å². The summed E-state index contributed by atoms with van der Waals surface area (Å²) in [6.45, 7) is 0. The second-order valence-electron chi connectivity index (χ2n) is 3.03. The van der Waals surface area contributed by atoms with Crippen molar-refractivity contribution in [1.82, 2.24) is 9.97 Å². The molecule has 1 aromatic carbocycles. The zero-order chi connectivity index (χ0) is 11.9. The molecule has 0 amide bonds. The zero-order valence-corrected chi connectivity index (χ0v) is 9.74. The Bertz CT molecular complexity index is 556. The Labute approximate surface area is 101 Å². The second kappa shape index (κ2) is 3.72. The molecule has 2 rings (SSSR count). The van der Waals surface area contributed by atoms with Crippen molar-refractivity contribution >= 4 is 33.6 Å². The molecule has 0 aliphatic heterocycles. The van der Waals surface area contributed by atoms with Gasteiger partial charge in [-0.15, -0.1) is 0 Å². The minimum absolute atomic E-state index is 0.0211. The van der Waals surface area contributed by atoms with E-state index in [4.69, 9.17) is 5.11 Å². The monoisotopic (exact) mass is 340 g/mol. The van der Waals surface area contributed by atoms with Gasteiger partial charge in [-0.2, -0.15) is 13.2 Å². The van der Waals surface area contributed by atoms with E-state index in [2.05, 4.69) is 9.97 Å². The molecular formula is C9H4F3IN2O. The van der Waals surface area contributed by atoms with Crippen molar-refractivity contribution in [3.8, 4) is 5.75 Å². The van der Waals surface area contributed by atoms with Gasteiger partial charge in [-0.1, -0.05) is 0 Å². The molecule has 2 aromatic rings. The smallest absolute Gasteiger partial charge is 0.436 e. The molecule has 3 nitrogen and oxygen atoms in total. The molecule has 16 heavy (non-hydrogen) atoms. The highest BCUT2D eigenvalue weighted by molar-refractivity contribution is 14.1. The fourth-order valence-corrected chi connectivity index (χ4v) is 1.89. The first-order valence-electron chi connectivity index (χ1n) is 4.11. The van der Waals surface area contributed by atoms with E-state index in [-0.39, 0.29) is 15.0 Å². The molecule has 0 spiro atoms. The minimum Gasteiger partial charge on any atom is -0.508 e. The molecule has 0 saturated carbocycles. The average Bonchev–Trinajstić information content (AvgIpc) is 2.16. The number of rotatable bonds is 0. The molecular weight excluding hydrogens is 336 g/mol. The van der Waals surface area contributed by atoms with E-state index in [0.29, 0.717) is 5.52 Å². The van der Waals surface area contributed by atoms with Crippen molar-refractivity contribution in [3.05, 3.63) is 27.6 Å². The molecule has 0 bridgehead atoms. The number of aromatic hydroxyl groups is 1. The Morgan fingerprint density at radius 2 is 1.81 bits per heavy atom. The molecule has 0 aliphatic rings. The third-order valence-corrected chi connectivity index (χ3v) is 2.63. The maximum Gasteiger partial charge on any atom is 0.436 e. The number of fused-ring (bicyclic) bond motifs is 1. The van der Waals surface area contributed by atoms with E-state index in [1.807, 2.05) is 0 Å². The minimum atomic E-state index is -4.54. The Kier molecular flexibility index (Phi) is 2.64. The first-order chi connectivity index (χ1) is 7.38. The molecule has 84 valence electrons. The summed E-state index contributed by atoms with van der Waals surface area (Å²) in [5.41, 5.74) is -0.700. The van der Waals surface area contributed by atoms with Crippen LogP contribution in [0.3, 0.4) is 0 Å². The lowest BCUT2D eigenvalue weighted by molar-refractivity contribution is -0.142. The number of alkyl halides is 3. The topological polar surface area (TPSA) is 46.0 Å². The van der Waals surface area contributed by atoms with E-state index >= 15 is 0 Å². The third kappa shape index (κ3) is 2.04. The van der Waals surface area contributed by atoms with Crippen LogP contribution in [0.5, 0.6) is 5.75 Å². The summed E-state index contributed by atoms with van der Waals surface area (Å²) in [4.78, 5) is 7.23. The van der Waals surface area contributed by atoms with Crippen molar-refractivity contribution in [2.75, 3.05) is 0 Å². The van der Waals surface area contributed by atoms with Crippen LogP contribution in [0, 0.1) is 3.70 Å². The fourth-order valence-electron chi connectivity index (χ4n) is 1.20. The highest BCUT2D eigenvalue weighted by Crippen LogP contribution is 2.32. The van der Waals surface area contributed by atoms with Gasteiger partial charge in [0, 0.05) is 6.07 Å². The number of halogens is 4. The third-order valence-electron chi connectivity index (χ3n) is 1.87. The summed E-state index contributed by atoms with van der Waals surface area (Å²) < 4.78 is 37.3. The number of phenols is 1. The van der Waals surface area contributed by atoms with Crippen LogP contribution in [-0.4, -0.2) is 15.1 Å². The maximum absolute atomic E-state index is 12.5. The van der Waals surface area contributed by atoms with Gasteiger partial charge in [0.2, 0.25) is 0 Å². The van der Waals surface area contributed by atoms with Gasteiger partial charge < -0.3 is 5.11 Å². The summed E-state index contributed by atoms with van der Waals surface area (Å²) in [7, 11) is 0. The van der Waals surface area contributed by atoms with Gasteiger partial charge in [0.1, 0.15) is 9.45 Å². The molecule has 0 atom stereocenters. The molecule has 0 unspecified atom stereocenters. The van der Waals surface area contributed by atoms with Crippen LogP contribution in [0.15, 0.2) is 18.2 Å². The van der Waals surface area contributed by atoms with Crippen LogP contribution in [0.4, 0.5) is 13.2 Å². The first kappa shape index (κ1) is 11.4. The number of hydrogen-bond acceptors (Lipinski definition) is 3. The van der Waals surface area contributed by atoms with Gasteiger partial charge in [-0.25, -0.2) is 9.97 Å². The van der Waals surface area contributed by atoms with Crippen LogP contribution in [0.1, 0.15) is 5.69 Å². The quantitative estimate of drug-likeness (QED) is 0.750. The largest absolute Gasteiger partial charge is 0.508 e. The van der Waals surface area contributed by atoms with Gasteiger partial charge in [-0.05, 0) is 34.7 Å². The van der Waals surface area contributed by atoms with E-state index in [1.165, 1.54) is 34.7 Å². The first-order valence-corrected chi connectivity index (χ1v) is 5.19. The fraction of sp³-hybridized carbons (Fsp3) is 0.111. The van der Waals surface area contributed by atoms with Crippen LogP contribution in [-0.2, 0) is 6.18 Å². The maximum atomic E-state index is 12.5. The van der Waals surface area contributed by atoms with Gasteiger partial charge in [0.15, 0.2) is 5.69 Å². The molecule has 0 fully saturated rings. The number of phenolic OH excluding ortho intramolecular Hbond substituents is 1. The SMILES string of the molecule is Oc1ccc2nc(I)c(C(F)(F)F)nc2c1. The Morgan fingerprint density at radius 1 is 1.12 bits per heavy atom. The van der Waals surface area contributed by atoms with Crippen molar-refractivity contribution < 1.29 is 18.3 Å². The van der Waals surface area contributed by atoms with Gasteiger partial charge in [0.25, 0.3) is 0 Å². The normalized spacial score (nSPS) is 12.0. The van der Waals surface area contributed by atoms with Gasteiger partial charge >= 0.3 is 6.18 Å². The molecule has 0 aliphatic carbocycles. The van der Waals surface area contributed by atoms with Crippen molar-refractivity contribution in [2.24, 2.45) is 0 Å². The molecule has 1 aromatic heterocycles. The van der Waals surface area contributed by atoms with E-state index in [1.54, 1.807) is 0 Å². The molecule has 0 saturated heterocycles. The lowest BCUT2D eigenvalue weighted by Gasteiger charge is -2.08. The standard InChI is InChI=1S/C9H4F3IN2O/c10-9(11,12)7-8(13)15-5-2-1-4(16)3-6(5)14-7/h1-3,16H. The molecule has 7 heteroatoms. The number of hydrogen-bond donors (Lipinski definition) is 1. The lowest BCUT2D eigenvalue weighted by Crippen LogP contribution is -2.12. The number of aromatic nitrogens is 2. The molecule has 1 N–H and O–H groups in total. The summed E-state index contributed by atoms with van der Waals surface area (Å²) in [5, 5.41) is 9.14. The molecule has 1 heterocycles. The second-order valence-corrected chi connectivity index (χ2v) is 4.06. The van der Waals surface area contributed by atoms with E-state index in [9.17, 15) is 13.2 Å². The van der Waals surface area contributed by atoms with E-state index in [0.717, 1.165) is 6.07 Å². The predicted molar refractivity (Wildman–Crippen MR) is 58.9 cm³/mol. The Morgan fingerprint density at radius 3 is 2.44 bits per heavy atom. The summed E-state index contributed by atoms with van der Waals surface area (Å²) >= 11 is 1.49. The van der Waals surface area contributed by atoms with Crippen LogP contribution >= 0.6 is 22.6 Å². The van der Waals surface area contributed by atoms with Crippen LogP contribution in [0.25, 0.3) is 11.0 Å². The van der Waals surface area contributed by atoms with Crippen LogP contribution < -0.4 is 0 Å². The Balaban J connectivity index is 2.74. The number of nitrogens with zero attached hydrogens (tertiary/aromatic N) is 2. The lowest BCUT2D eigenvalue weighted by atomic mass is 10.3. The molecule has 0 radical (unpaired) electrons. The van der Waals surface area contributed by atoms with Crippen LogP contribution in [0.2, 0.25) is 0 Å². The number of benzene rings is 1. The zero-order valence-electron chi connectivity index (χ0n) is 7.59.